The standard InChI is InChI=1S/C7H7BrClO4P/c1-11-14(10,13-8)12-7-4-2-6(9)3-5-7/h2-5H,1H3. The van der Waals surface area contributed by atoms with E-state index in [-0.39, 0.29) is 0 Å². The highest BCUT2D eigenvalue weighted by atomic mass is 79.9. The lowest BCUT2D eigenvalue weighted by Crippen LogP contribution is -1.94. The van der Waals surface area contributed by atoms with E-state index in [2.05, 4.69) is 24.4 Å². The highest BCUT2D eigenvalue weighted by Crippen LogP contribution is 2.50. The molecular formula is C7H7BrClO4P. The molecule has 0 amide bonds. The molecule has 0 aliphatic carbocycles. The van der Waals surface area contributed by atoms with Crippen LogP contribution in [0.25, 0.3) is 0 Å². The summed E-state index contributed by atoms with van der Waals surface area (Å²) in [5.74, 6) is 0.346. The molecule has 0 saturated heterocycles. The lowest BCUT2D eigenvalue weighted by atomic mass is 10.3. The van der Waals surface area contributed by atoms with Crippen LogP contribution in [0.3, 0.4) is 0 Å². The first-order valence-electron chi connectivity index (χ1n) is 3.51. The van der Waals surface area contributed by atoms with Crippen molar-refractivity contribution >= 4 is 35.7 Å². The van der Waals surface area contributed by atoms with E-state index in [0.29, 0.717) is 10.8 Å². The Morgan fingerprint density at radius 1 is 1.36 bits per heavy atom. The van der Waals surface area contributed by atoms with Gasteiger partial charge in [-0.15, -0.1) is 0 Å². The fourth-order valence-electron chi connectivity index (χ4n) is 0.704. The Balaban J connectivity index is 2.78. The number of hydrogen-bond donors (Lipinski definition) is 0. The van der Waals surface area contributed by atoms with Gasteiger partial charge < -0.3 is 4.52 Å². The minimum Gasteiger partial charge on any atom is -0.403 e. The van der Waals surface area contributed by atoms with E-state index in [1.165, 1.54) is 7.11 Å². The SMILES string of the molecule is COP(=O)(OBr)Oc1ccc(Cl)cc1. The summed E-state index contributed by atoms with van der Waals surface area (Å²) in [6.45, 7) is 0. The molecule has 0 aromatic heterocycles. The zero-order chi connectivity index (χ0) is 10.6. The second-order valence-corrected chi connectivity index (χ2v) is 5.13. The van der Waals surface area contributed by atoms with E-state index >= 15 is 0 Å². The zero-order valence-electron chi connectivity index (χ0n) is 7.15. The molecule has 1 aromatic rings. The van der Waals surface area contributed by atoms with Crippen molar-refractivity contribution in [2.24, 2.45) is 0 Å². The zero-order valence-corrected chi connectivity index (χ0v) is 10.4. The van der Waals surface area contributed by atoms with Crippen molar-refractivity contribution in [1.29, 1.82) is 0 Å². The predicted molar refractivity (Wildman–Crippen MR) is 56.7 cm³/mol. The first kappa shape index (κ1) is 12.0. The molecule has 78 valence electrons. The van der Waals surface area contributed by atoms with Crippen LogP contribution in [0.1, 0.15) is 0 Å². The van der Waals surface area contributed by atoms with Crippen LogP contribution in [0.15, 0.2) is 24.3 Å². The Labute approximate surface area is 95.2 Å². The third-order valence-electron chi connectivity index (χ3n) is 1.34. The van der Waals surface area contributed by atoms with E-state index in [9.17, 15) is 4.57 Å². The second-order valence-electron chi connectivity index (χ2n) is 2.24. The van der Waals surface area contributed by atoms with Crippen LogP contribution < -0.4 is 4.52 Å². The largest absolute Gasteiger partial charge is 0.541 e. The maximum atomic E-state index is 11.5. The summed E-state index contributed by atoms with van der Waals surface area (Å²) in [7, 11) is -2.32. The summed E-state index contributed by atoms with van der Waals surface area (Å²) in [4.78, 5) is 0. The molecule has 1 rings (SSSR count). The molecule has 1 aromatic carbocycles. The van der Waals surface area contributed by atoms with Gasteiger partial charge in [-0.3, -0.25) is 4.52 Å². The molecule has 14 heavy (non-hydrogen) atoms. The summed E-state index contributed by atoms with van der Waals surface area (Å²) < 4.78 is 25.4. The summed E-state index contributed by atoms with van der Waals surface area (Å²) in [5, 5.41) is 0.560. The number of phosphoric ester groups is 1. The fraction of sp³-hybridized carbons (Fsp3) is 0.143. The van der Waals surface area contributed by atoms with E-state index < -0.39 is 7.82 Å². The molecule has 7 heteroatoms. The van der Waals surface area contributed by atoms with E-state index in [1.807, 2.05) is 0 Å². The third-order valence-corrected chi connectivity index (χ3v) is 3.71. The molecule has 0 fully saturated rings. The average Bonchev–Trinajstić information content (AvgIpc) is 2.21. The third kappa shape index (κ3) is 3.26. The number of halogens is 2. The molecule has 0 aliphatic heterocycles. The van der Waals surface area contributed by atoms with Crippen molar-refractivity contribution in [1.82, 2.24) is 0 Å². The van der Waals surface area contributed by atoms with Crippen LogP contribution in [0, 0.1) is 0 Å². The van der Waals surface area contributed by atoms with Gasteiger partial charge in [0.2, 0.25) is 0 Å². The van der Waals surface area contributed by atoms with Crippen molar-refractivity contribution in [2.45, 2.75) is 0 Å². The number of phosphoric acid groups is 1. The Kier molecular flexibility index (Phi) is 4.41. The van der Waals surface area contributed by atoms with Crippen LogP contribution in [-0.2, 0) is 12.7 Å². The van der Waals surface area contributed by atoms with Crippen molar-refractivity contribution in [3.05, 3.63) is 29.3 Å². The lowest BCUT2D eigenvalue weighted by Gasteiger charge is -2.12. The van der Waals surface area contributed by atoms with Gasteiger partial charge in [-0.05, 0) is 24.3 Å². The predicted octanol–water partition coefficient (Wildman–Crippen LogP) is 3.80. The van der Waals surface area contributed by atoms with Crippen molar-refractivity contribution in [3.8, 4) is 5.75 Å². The molecule has 0 N–H and O–H groups in total. The van der Waals surface area contributed by atoms with Crippen LogP contribution in [0.5, 0.6) is 5.75 Å². The summed E-state index contributed by atoms with van der Waals surface area (Å²) in [6.07, 6.45) is 0. The minimum absolute atomic E-state index is 0.346. The number of rotatable bonds is 4. The molecule has 0 heterocycles. The van der Waals surface area contributed by atoms with Crippen molar-refractivity contribution < 1.29 is 17.2 Å². The van der Waals surface area contributed by atoms with Crippen LogP contribution in [0.2, 0.25) is 5.02 Å². The molecular weight excluding hydrogens is 294 g/mol. The first-order valence-corrected chi connectivity index (χ1v) is 5.99. The Morgan fingerprint density at radius 3 is 2.36 bits per heavy atom. The minimum atomic E-state index is -3.54. The van der Waals surface area contributed by atoms with Crippen molar-refractivity contribution in [2.75, 3.05) is 7.11 Å². The van der Waals surface area contributed by atoms with Gasteiger partial charge in [0.25, 0.3) is 0 Å². The smallest absolute Gasteiger partial charge is 0.403 e. The normalized spacial score (nSPS) is 14.8. The number of benzene rings is 1. The fourth-order valence-corrected chi connectivity index (χ4v) is 1.90. The van der Waals surface area contributed by atoms with Gasteiger partial charge in [0.05, 0.1) is 0 Å². The lowest BCUT2D eigenvalue weighted by molar-refractivity contribution is 0.266. The highest BCUT2D eigenvalue weighted by Gasteiger charge is 2.25. The number of hydrogen-bond acceptors (Lipinski definition) is 4. The van der Waals surface area contributed by atoms with Crippen molar-refractivity contribution in [3.63, 3.8) is 0 Å². The summed E-state index contributed by atoms with van der Waals surface area (Å²) in [5.41, 5.74) is 0. The van der Waals surface area contributed by atoms with Gasteiger partial charge in [0.1, 0.15) is 22.0 Å². The first-order chi connectivity index (χ1) is 6.59. The van der Waals surface area contributed by atoms with Gasteiger partial charge in [0, 0.05) is 12.1 Å². The monoisotopic (exact) mass is 300 g/mol. The van der Waals surface area contributed by atoms with E-state index in [1.54, 1.807) is 24.3 Å². The summed E-state index contributed by atoms with van der Waals surface area (Å²) >= 11 is 8.22. The van der Waals surface area contributed by atoms with E-state index in [4.69, 9.17) is 16.1 Å². The van der Waals surface area contributed by atoms with Gasteiger partial charge in [-0.1, -0.05) is 11.6 Å². The maximum Gasteiger partial charge on any atom is 0.541 e. The van der Waals surface area contributed by atoms with Crippen LogP contribution in [0.4, 0.5) is 0 Å². The molecule has 0 spiro atoms. The molecule has 0 saturated carbocycles. The highest BCUT2D eigenvalue weighted by molar-refractivity contribution is 9.06. The van der Waals surface area contributed by atoms with Gasteiger partial charge in [-0.2, -0.15) is 3.62 Å². The molecule has 0 bridgehead atoms. The molecule has 0 radical (unpaired) electrons. The molecule has 1 unspecified atom stereocenters. The second kappa shape index (κ2) is 5.14. The Morgan fingerprint density at radius 2 is 1.93 bits per heavy atom. The van der Waals surface area contributed by atoms with Gasteiger partial charge >= 0.3 is 7.82 Å². The Hall–Kier alpha value is -0.0600. The maximum absolute atomic E-state index is 11.5. The quantitative estimate of drug-likeness (QED) is 0.794. The summed E-state index contributed by atoms with van der Waals surface area (Å²) in [6, 6.07) is 6.32. The van der Waals surface area contributed by atoms with Gasteiger partial charge in [0.15, 0.2) is 0 Å². The topological polar surface area (TPSA) is 44.8 Å². The molecule has 1 atom stereocenters. The van der Waals surface area contributed by atoms with Crippen LogP contribution in [-0.4, -0.2) is 7.11 Å². The van der Waals surface area contributed by atoms with E-state index in [0.717, 1.165) is 0 Å². The van der Waals surface area contributed by atoms with Crippen LogP contribution >= 0.6 is 35.7 Å². The Bertz CT molecular complexity index is 334. The molecule has 0 aliphatic rings. The van der Waals surface area contributed by atoms with Gasteiger partial charge in [-0.25, -0.2) is 4.57 Å². The average molecular weight is 301 g/mol. The molecule has 4 nitrogen and oxygen atoms in total.